The van der Waals surface area contributed by atoms with Crippen LogP contribution in [0.3, 0.4) is 0 Å². The van der Waals surface area contributed by atoms with E-state index in [2.05, 4.69) is 0 Å². The first-order valence-electron chi connectivity index (χ1n) is 3.14. The van der Waals surface area contributed by atoms with Crippen LogP contribution in [-0.2, 0) is 9.73 Å². The minimum atomic E-state index is -2.31. The third-order valence-corrected chi connectivity index (χ3v) is 2.14. The molecule has 1 unspecified atom stereocenters. The molecule has 0 saturated carbocycles. The number of unbranched alkanes of at least 4 members (excludes halogenated alkanes) is 2. The van der Waals surface area contributed by atoms with Gasteiger partial charge < -0.3 is 0 Å². The average Bonchev–Trinajstić information content (AvgIpc) is 1.78. The van der Waals surface area contributed by atoms with E-state index in [4.69, 9.17) is 10.0 Å². The van der Waals surface area contributed by atoms with Crippen LogP contribution in [0.5, 0.6) is 0 Å². The Morgan fingerprint density at radius 1 is 1.60 bits per heavy atom. The summed E-state index contributed by atoms with van der Waals surface area (Å²) >= 11 is 0. The number of nitriles is 1. The number of hydrogen-bond donors (Lipinski definition) is 1. The Hall–Kier alpha value is -0.560. The van der Waals surface area contributed by atoms with E-state index in [9.17, 15) is 4.21 Å². The summed E-state index contributed by atoms with van der Waals surface area (Å²) in [5.41, 5.74) is 0. The van der Waals surface area contributed by atoms with Gasteiger partial charge in [0, 0.05) is 28.2 Å². The molecule has 58 valence electrons. The van der Waals surface area contributed by atoms with Gasteiger partial charge in [0.1, 0.15) is 0 Å². The van der Waals surface area contributed by atoms with Gasteiger partial charge in [-0.2, -0.15) is 5.26 Å². The van der Waals surface area contributed by atoms with Crippen LogP contribution in [0.25, 0.3) is 0 Å². The molecule has 0 bridgehead atoms. The highest BCUT2D eigenvalue weighted by Crippen LogP contribution is 1.97. The predicted octanol–water partition coefficient (Wildman–Crippen LogP) is 1.36. The summed E-state index contributed by atoms with van der Waals surface area (Å²) in [4.78, 5) is 0. The first-order valence-corrected chi connectivity index (χ1v) is 5.28. The first-order chi connectivity index (χ1) is 4.56. The van der Waals surface area contributed by atoms with Crippen LogP contribution in [0, 0.1) is 16.1 Å². The molecular formula is C6H12N2OS. The fourth-order valence-corrected chi connectivity index (χ4v) is 1.34. The minimum Gasteiger partial charge on any atom is -0.253 e. The van der Waals surface area contributed by atoms with Crippen molar-refractivity contribution in [2.45, 2.75) is 19.3 Å². The Bertz CT molecular complexity index is 212. The molecule has 0 spiro atoms. The number of nitrogens with one attached hydrogen (secondary N) is 1. The van der Waals surface area contributed by atoms with Crippen molar-refractivity contribution in [2.24, 2.45) is 0 Å². The molecule has 0 aliphatic carbocycles. The summed E-state index contributed by atoms with van der Waals surface area (Å²) in [6.45, 7) is 0. The first kappa shape index (κ1) is 9.44. The maximum absolute atomic E-state index is 10.7. The van der Waals surface area contributed by atoms with Crippen molar-refractivity contribution in [2.75, 3.05) is 12.0 Å². The lowest BCUT2D eigenvalue weighted by Crippen LogP contribution is -2.00. The Morgan fingerprint density at radius 3 is 2.60 bits per heavy atom. The number of rotatable bonds is 4. The summed E-state index contributed by atoms with van der Waals surface area (Å²) in [5.74, 6) is 0.425. The number of hydrogen-bond acceptors (Lipinski definition) is 3. The fourth-order valence-electron chi connectivity index (χ4n) is 0.582. The third kappa shape index (κ3) is 7.44. The molecule has 0 heterocycles. The van der Waals surface area contributed by atoms with Crippen LogP contribution in [0.15, 0.2) is 0 Å². The lowest BCUT2D eigenvalue weighted by atomic mass is 10.3. The Balaban J connectivity index is 3.32. The van der Waals surface area contributed by atoms with E-state index in [1.165, 1.54) is 6.26 Å². The molecule has 0 aliphatic rings. The van der Waals surface area contributed by atoms with Crippen LogP contribution < -0.4 is 0 Å². The molecule has 0 fully saturated rings. The zero-order valence-electron chi connectivity index (χ0n) is 6.09. The zero-order valence-corrected chi connectivity index (χ0v) is 6.91. The van der Waals surface area contributed by atoms with Crippen molar-refractivity contribution in [3.63, 3.8) is 0 Å². The van der Waals surface area contributed by atoms with Gasteiger partial charge in [0.25, 0.3) is 0 Å². The molecule has 3 nitrogen and oxygen atoms in total. The van der Waals surface area contributed by atoms with Crippen LogP contribution >= 0.6 is 0 Å². The second-order valence-corrected chi connectivity index (χ2v) is 4.74. The quantitative estimate of drug-likeness (QED) is 0.631. The maximum atomic E-state index is 10.7. The van der Waals surface area contributed by atoms with Crippen molar-refractivity contribution >= 4 is 9.73 Å². The lowest BCUT2D eigenvalue weighted by Gasteiger charge is -1.96. The fraction of sp³-hybridized carbons (Fsp3) is 0.833. The summed E-state index contributed by atoms with van der Waals surface area (Å²) in [6.07, 6.45) is 3.43. The van der Waals surface area contributed by atoms with Gasteiger partial charge in [-0.1, -0.05) is 0 Å². The summed E-state index contributed by atoms with van der Waals surface area (Å²) < 4.78 is 17.7. The highest BCUT2D eigenvalue weighted by molar-refractivity contribution is 7.91. The highest BCUT2D eigenvalue weighted by atomic mass is 32.2. The maximum Gasteiger partial charge on any atom is 0.0621 e. The molecule has 0 aromatic heterocycles. The standard InChI is InChI=1S/C6H12N2OS/c1-10(8,9)6-4-2-3-5-7/h8H,2-4,6H2,1H3. The molecule has 0 saturated heterocycles. The van der Waals surface area contributed by atoms with Gasteiger partial charge in [-0.05, 0) is 12.8 Å². The van der Waals surface area contributed by atoms with E-state index >= 15 is 0 Å². The lowest BCUT2D eigenvalue weighted by molar-refractivity contribution is 0.674. The van der Waals surface area contributed by atoms with Gasteiger partial charge in [0.15, 0.2) is 0 Å². The minimum absolute atomic E-state index is 0.425. The van der Waals surface area contributed by atoms with Crippen LogP contribution in [0.1, 0.15) is 19.3 Å². The van der Waals surface area contributed by atoms with Crippen molar-refractivity contribution in [3.05, 3.63) is 0 Å². The zero-order chi connectivity index (χ0) is 8.04. The summed E-state index contributed by atoms with van der Waals surface area (Å²) in [6, 6.07) is 2.00. The molecule has 0 aliphatic heterocycles. The van der Waals surface area contributed by atoms with Gasteiger partial charge in [-0.3, -0.25) is 8.99 Å². The second kappa shape index (κ2) is 4.29. The normalized spacial score (nSPS) is 15.6. The smallest absolute Gasteiger partial charge is 0.0621 e. The van der Waals surface area contributed by atoms with E-state index in [0.29, 0.717) is 12.2 Å². The van der Waals surface area contributed by atoms with E-state index in [-0.39, 0.29) is 0 Å². The Kier molecular flexibility index (Phi) is 4.05. The van der Waals surface area contributed by atoms with Crippen LogP contribution in [0.2, 0.25) is 0 Å². The van der Waals surface area contributed by atoms with Crippen molar-refractivity contribution in [3.8, 4) is 6.07 Å². The molecular weight excluding hydrogens is 148 g/mol. The van der Waals surface area contributed by atoms with E-state index < -0.39 is 9.73 Å². The monoisotopic (exact) mass is 160 g/mol. The molecule has 4 heteroatoms. The van der Waals surface area contributed by atoms with Gasteiger partial charge >= 0.3 is 0 Å². The van der Waals surface area contributed by atoms with Crippen molar-refractivity contribution < 1.29 is 4.21 Å². The topological polar surface area (TPSA) is 64.7 Å². The van der Waals surface area contributed by atoms with Gasteiger partial charge in [-0.25, -0.2) is 0 Å². The van der Waals surface area contributed by atoms with Crippen molar-refractivity contribution in [1.82, 2.24) is 0 Å². The van der Waals surface area contributed by atoms with Crippen LogP contribution in [0.4, 0.5) is 0 Å². The SMILES string of the molecule is CS(=N)(=O)CCCCC#N. The molecule has 0 aromatic rings. The Morgan fingerprint density at radius 2 is 2.20 bits per heavy atom. The summed E-state index contributed by atoms with van der Waals surface area (Å²) in [7, 11) is -2.31. The molecule has 0 aromatic carbocycles. The average molecular weight is 160 g/mol. The molecule has 0 rings (SSSR count). The third-order valence-electron chi connectivity index (χ3n) is 1.07. The highest BCUT2D eigenvalue weighted by Gasteiger charge is 1.95. The van der Waals surface area contributed by atoms with Gasteiger partial charge in [0.05, 0.1) is 6.07 Å². The number of nitrogens with zero attached hydrogens (tertiary/aromatic N) is 1. The van der Waals surface area contributed by atoms with Crippen molar-refractivity contribution in [1.29, 1.82) is 10.0 Å². The predicted molar refractivity (Wildman–Crippen MR) is 41.1 cm³/mol. The van der Waals surface area contributed by atoms with E-state index in [1.54, 1.807) is 0 Å². The second-order valence-electron chi connectivity index (χ2n) is 2.32. The van der Waals surface area contributed by atoms with E-state index in [1.807, 2.05) is 6.07 Å². The molecule has 0 radical (unpaired) electrons. The molecule has 10 heavy (non-hydrogen) atoms. The molecule has 0 amide bonds. The largest absolute Gasteiger partial charge is 0.253 e. The van der Waals surface area contributed by atoms with Gasteiger partial charge in [0.2, 0.25) is 0 Å². The summed E-state index contributed by atoms with van der Waals surface area (Å²) in [5, 5.41) is 8.13. The molecule has 1 N–H and O–H groups in total. The van der Waals surface area contributed by atoms with Crippen LogP contribution in [-0.4, -0.2) is 16.2 Å². The molecule has 1 atom stereocenters. The van der Waals surface area contributed by atoms with Gasteiger partial charge in [-0.15, -0.1) is 0 Å². The van der Waals surface area contributed by atoms with E-state index in [0.717, 1.165) is 12.8 Å². The Labute approximate surface area is 62.0 Å².